The molecule has 1 aliphatic rings. The van der Waals surface area contributed by atoms with Gasteiger partial charge in [0.05, 0.1) is 11.4 Å². The Morgan fingerprint density at radius 3 is 2.53 bits per heavy atom. The van der Waals surface area contributed by atoms with Crippen molar-refractivity contribution in [3.63, 3.8) is 0 Å². The zero-order valence-electron chi connectivity index (χ0n) is 11.0. The van der Waals surface area contributed by atoms with E-state index < -0.39 is 0 Å². The van der Waals surface area contributed by atoms with E-state index >= 15 is 0 Å². The molecule has 4 heteroatoms. The first-order valence-electron chi connectivity index (χ1n) is 6.66. The van der Waals surface area contributed by atoms with Crippen molar-refractivity contribution in [2.45, 2.75) is 6.54 Å². The molecule has 19 heavy (non-hydrogen) atoms. The van der Waals surface area contributed by atoms with Crippen molar-refractivity contribution in [3.05, 3.63) is 46.7 Å². The minimum atomic E-state index is 0.883. The van der Waals surface area contributed by atoms with Gasteiger partial charge < -0.3 is 10.6 Å². The number of nitrogens with zero attached hydrogens (tertiary/aromatic N) is 2. The summed E-state index contributed by atoms with van der Waals surface area (Å²) in [7, 11) is 0. The van der Waals surface area contributed by atoms with Crippen LogP contribution in [0.1, 0.15) is 5.56 Å². The molecule has 100 valence electrons. The topological polar surface area (TPSA) is 32.5 Å². The summed E-state index contributed by atoms with van der Waals surface area (Å²) >= 11 is 1.77. The van der Waals surface area contributed by atoms with Crippen LogP contribution in [0.4, 0.5) is 11.4 Å². The standard InChI is InChI=1S/C15H19N3S/c16-14-3-1-2-4-15(14)18-8-6-17(7-9-18)11-13-5-10-19-12-13/h1-5,10,12H,6-9,11,16H2. The molecule has 0 spiro atoms. The van der Waals surface area contributed by atoms with Crippen LogP contribution >= 0.6 is 11.3 Å². The second kappa shape index (κ2) is 5.63. The first kappa shape index (κ1) is 12.5. The summed E-state index contributed by atoms with van der Waals surface area (Å²) in [5.74, 6) is 0. The Hall–Kier alpha value is -1.52. The fraction of sp³-hybridized carbons (Fsp3) is 0.333. The molecule has 2 N–H and O–H groups in total. The lowest BCUT2D eigenvalue weighted by Crippen LogP contribution is -2.46. The number of rotatable bonds is 3. The number of hydrogen-bond donors (Lipinski definition) is 1. The lowest BCUT2D eigenvalue weighted by molar-refractivity contribution is 0.250. The van der Waals surface area contributed by atoms with Crippen molar-refractivity contribution in [3.8, 4) is 0 Å². The summed E-state index contributed by atoms with van der Waals surface area (Å²) in [6, 6.07) is 10.4. The van der Waals surface area contributed by atoms with Gasteiger partial charge in [-0.05, 0) is 34.5 Å². The zero-order chi connectivity index (χ0) is 13.1. The Balaban J connectivity index is 1.59. The molecular weight excluding hydrogens is 254 g/mol. The molecule has 0 aliphatic carbocycles. The number of hydrogen-bond acceptors (Lipinski definition) is 4. The number of nitrogen functional groups attached to an aromatic ring is 1. The molecule has 1 aromatic heterocycles. The van der Waals surface area contributed by atoms with Crippen LogP contribution in [0.2, 0.25) is 0 Å². The van der Waals surface area contributed by atoms with Gasteiger partial charge >= 0.3 is 0 Å². The number of thiophene rings is 1. The highest BCUT2D eigenvalue weighted by Gasteiger charge is 2.18. The molecule has 3 rings (SSSR count). The van der Waals surface area contributed by atoms with Gasteiger partial charge in [-0.1, -0.05) is 12.1 Å². The van der Waals surface area contributed by atoms with E-state index in [1.165, 1.54) is 11.3 Å². The van der Waals surface area contributed by atoms with Crippen molar-refractivity contribution in [2.24, 2.45) is 0 Å². The molecule has 2 aromatic rings. The highest BCUT2D eigenvalue weighted by atomic mass is 32.1. The van der Waals surface area contributed by atoms with Crippen LogP contribution in [-0.4, -0.2) is 31.1 Å². The Kier molecular flexibility index (Phi) is 3.71. The predicted molar refractivity (Wildman–Crippen MR) is 82.7 cm³/mol. The van der Waals surface area contributed by atoms with Crippen molar-refractivity contribution >= 4 is 22.7 Å². The van der Waals surface area contributed by atoms with Crippen LogP contribution in [0.15, 0.2) is 41.1 Å². The van der Waals surface area contributed by atoms with Gasteiger partial charge in [-0.15, -0.1) is 0 Å². The van der Waals surface area contributed by atoms with E-state index in [1.807, 2.05) is 12.1 Å². The minimum absolute atomic E-state index is 0.883. The van der Waals surface area contributed by atoms with E-state index in [9.17, 15) is 0 Å². The van der Waals surface area contributed by atoms with Gasteiger partial charge in [-0.2, -0.15) is 11.3 Å². The molecule has 0 atom stereocenters. The van der Waals surface area contributed by atoms with Crippen LogP contribution in [0.5, 0.6) is 0 Å². The van der Waals surface area contributed by atoms with E-state index in [1.54, 1.807) is 11.3 Å². The Bertz CT molecular complexity index is 516. The lowest BCUT2D eigenvalue weighted by atomic mass is 10.2. The van der Waals surface area contributed by atoms with Crippen LogP contribution in [-0.2, 0) is 6.54 Å². The summed E-state index contributed by atoms with van der Waals surface area (Å²) in [4.78, 5) is 4.90. The van der Waals surface area contributed by atoms with E-state index in [-0.39, 0.29) is 0 Å². The number of para-hydroxylation sites is 2. The largest absolute Gasteiger partial charge is 0.397 e. The summed E-state index contributed by atoms with van der Waals surface area (Å²) in [6.07, 6.45) is 0. The van der Waals surface area contributed by atoms with E-state index in [0.717, 1.165) is 38.4 Å². The Labute approximate surface area is 118 Å². The number of benzene rings is 1. The van der Waals surface area contributed by atoms with E-state index in [4.69, 9.17) is 5.73 Å². The smallest absolute Gasteiger partial charge is 0.0600 e. The molecule has 1 saturated heterocycles. The monoisotopic (exact) mass is 273 g/mol. The molecule has 2 heterocycles. The quantitative estimate of drug-likeness (QED) is 0.873. The Morgan fingerprint density at radius 2 is 1.84 bits per heavy atom. The molecule has 1 fully saturated rings. The third-order valence-electron chi connectivity index (χ3n) is 3.64. The van der Waals surface area contributed by atoms with Crippen molar-refractivity contribution in [1.29, 1.82) is 0 Å². The Morgan fingerprint density at radius 1 is 1.05 bits per heavy atom. The van der Waals surface area contributed by atoms with Crippen LogP contribution in [0, 0.1) is 0 Å². The molecule has 3 nitrogen and oxygen atoms in total. The first-order chi connectivity index (χ1) is 9.33. The maximum absolute atomic E-state index is 6.04. The third kappa shape index (κ3) is 2.91. The van der Waals surface area contributed by atoms with Gasteiger partial charge in [0, 0.05) is 32.7 Å². The normalized spacial score (nSPS) is 16.7. The predicted octanol–water partition coefficient (Wildman–Crippen LogP) is 2.65. The molecule has 0 saturated carbocycles. The second-order valence-electron chi connectivity index (χ2n) is 4.95. The summed E-state index contributed by atoms with van der Waals surface area (Å²) in [6.45, 7) is 5.38. The minimum Gasteiger partial charge on any atom is -0.397 e. The van der Waals surface area contributed by atoms with E-state index in [2.05, 4.69) is 38.8 Å². The van der Waals surface area contributed by atoms with Gasteiger partial charge in [0.25, 0.3) is 0 Å². The van der Waals surface area contributed by atoms with Gasteiger partial charge in [0.15, 0.2) is 0 Å². The fourth-order valence-corrected chi connectivity index (χ4v) is 3.22. The second-order valence-corrected chi connectivity index (χ2v) is 5.73. The maximum Gasteiger partial charge on any atom is 0.0600 e. The molecule has 1 aliphatic heterocycles. The van der Waals surface area contributed by atoms with Gasteiger partial charge in [-0.3, -0.25) is 4.90 Å². The SMILES string of the molecule is Nc1ccccc1N1CCN(Cc2ccsc2)CC1. The fourth-order valence-electron chi connectivity index (χ4n) is 2.56. The number of nitrogens with two attached hydrogens (primary N) is 1. The molecule has 0 radical (unpaired) electrons. The van der Waals surface area contributed by atoms with Crippen LogP contribution in [0.3, 0.4) is 0 Å². The van der Waals surface area contributed by atoms with Crippen LogP contribution < -0.4 is 10.6 Å². The summed E-state index contributed by atoms with van der Waals surface area (Å²) in [5.41, 5.74) is 9.53. The molecule has 0 unspecified atom stereocenters. The third-order valence-corrected chi connectivity index (χ3v) is 4.37. The molecule has 1 aromatic carbocycles. The summed E-state index contributed by atoms with van der Waals surface area (Å²) < 4.78 is 0. The number of piperazine rings is 1. The zero-order valence-corrected chi connectivity index (χ0v) is 11.8. The lowest BCUT2D eigenvalue weighted by Gasteiger charge is -2.36. The van der Waals surface area contributed by atoms with Crippen molar-refractivity contribution in [2.75, 3.05) is 36.8 Å². The van der Waals surface area contributed by atoms with Crippen molar-refractivity contribution in [1.82, 2.24) is 4.90 Å². The first-order valence-corrected chi connectivity index (χ1v) is 7.60. The highest BCUT2D eigenvalue weighted by Crippen LogP contribution is 2.24. The van der Waals surface area contributed by atoms with Gasteiger partial charge in [-0.25, -0.2) is 0 Å². The average molecular weight is 273 g/mol. The maximum atomic E-state index is 6.04. The molecule has 0 amide bonds. The van der Waals surface area contributed by atoms with Gasteiger partial charge in [0.1, 0.15) is 0 Å². The summed E-state index contributed by atoms with van der Waals surface area (Å²) in [5, 5.41) is 4.39. The van der Waals surface area contributed by atoms with Gasteiger partial charge in [0.2, 0.25) is 0 Å². The number of anilines is 2. The molecule has 0 bridgehead atoms. The van der Waals surface area contributed by atoms with Crippen LogP contribution in [0.25, 0.3) is 0 Å². The van der Waals surface area contributed by atoms with Crippen molar-refractivity contribution < 1.29 is 0 Å². The molecular formula is C15H19N3S. The van der Waals surface area contributed by atoms with E-state index in [0.29, 0.717) is 0 Å². The highest BCUT2D eigenvalue weighted by molar-refractivity contribution is 7.07. The average Bonchev–Trinajstić information content (AvgIpc) is 2.93.